The van der Waals surface area contributed by atoms with Gasteiger partial charge in [-0.25, -0.2) is 4.79 Å². The predicted molar refractivity (Wildman–Crippen MR) is 302 cm³/mol. The number of benzene rings is 3. The van der Waals surface area contributed by atoms with Gasteiger partial charge in [-0.15, -0.1) is 0 Å². The molecule has 426 valence electrons. The highest BCUT2D eigenvalue weighted by molar-refractivity contribution is 7.98. The van der Waals surface area contributed by atoms with Crippen LogP contribution in [-0.2, 0) is 24.0 Å². The van der Waals surface area contributed by atoms with E-state index in [1.54, 1.807) is 38.1 Å². The van der Waals surface area contributed by atoms with Gasteiger partial charge in [-0.2, -0.15) is 22.0 Å². The van der Waals surface area contributed by atoms with Gasteiger partial charge in [0.05, 0.1) is 17.9 Å². The SMILES string of the molecule is CSCCC(NC(=O)CNC(=O)C(CCCNC(=N)N)NC(=O)C(CC(C)C)NC(=O)C(CCCNC(=N)N)NC(=O)c1cc2ccc(O)cc2oc1=O)C(=O)NCCNC(=O)c1ccc(/N=N/c2ccc(N(C)C)cc2)cc1. The van der Waals surface area contributed by atoms with E-state index < -0.39 is 77.3 Å². The standard InChI is InChI=1S/C52H72N16O10S/c1-30(2)26-41(65-48(75)39(9-7-22-60-52(55)56)63-45(72)37-27-32-12-19-36(69)28-42(32)78-50(37)77)49(76)64-38(8-6-21-59-51(53)54)47(74)61-29-43(70)62-40(20-25-79-5)46(73)58-24-23-57-44(71)31-10-13-33(14-11-31)66-67-34-15-17-35(18-16-34)68(3)4/h10-19,27-28,30,38-41,69H,6-9,20-26,29H2,1-5H3,(H,57,71)(H,58,73)(H,61,74)(H,62,70)(H,63,72)(H,64,76)(H,65,75)(H4,53,54,59)(H4,55,56,60)/b67-66+. The zero-order chi connectivity index (χ0) is 58.0. The number of fused-ring (bicyclic) bond motifs is 1. The van der Waals surface area contributed by atoms with E-state index in [0.29, 0.717) is 28.1 Å². The van der Waals surface area contributed by atoms with Crippen LogP contribution in [0.15, 0.2) is 92.2 Å². The summed E-state index contributed by atoms with van der Waals surface area (Å²) in [4.78, 5) is 110. The molecule has 1 aromatic heterocycles. The Balaban J connectivity index is 1.37. The minimum atomic E-state index is -1.34. The van der Waals surface area contributed by atoms with Crippen LogP contribution in [0.1, 0.15) is 73.1 Å². The molecular weight excluding hydrogens is 1040 g/mol. The van der Waals surface area contributed by atoms with Gasteiger partial charge in [0.15, 0.2) is 11.9 Å². The number of guanidine groups is 2. The Morgan fingerprint density at radius 2 is 1.19 bits per heavy atom. The summed E-state index contributed by atoms with van der Waals surface area (Å²) in [5.74, 6) is -5.47. The van der Waals surface area contributed by atoms with Crippen molar-refractivity contribution < 1.29 is 43.1 Å². The second-order valence-corrected chi connectivity index (χ2v) is 19.7. The maximum absolute atomic E-state index is 14.1. The Kier molecular flexibility index (Phi) is 25.5. The molecule has 0 saturated carbocycles. The lowest BCUT2D eigenvalue weighted by molar-refractivity contribution is -0.133. The van der Waals surface area contributed by atoms with Gasteiger partial charge in [0.1, 0.15) is 41.1 Å². The Morgan fingerprint density at radius 1 is 0.646 bits per heavy atom. The van der Waals surface area contributed by atoms with E-state index in [1.807, 2.05) is 49.5 Å². The Labute approximate surface area is 461 Å². The molecule has 0 aliphatic rings. The number of hydrogen-bond donors (Lipinski definition) is 14. The summed E-state index contributed by atoms with van der Waals surface area (Å²) in [5.41, 5.74) is 12.0. The number of aromatic hydroxyl groups is 1. The number of carbonyl (C=O) groups is 7. The lowest BCUT2D eigenvalue weighted by atomic mass is 10.0. The van der Waals surface area contributed by atoms with Crippen molar-refractivity contribution in [3.63, 3.8) is 0 Å². The van der Waals surface area contributed by atoms with Crippen molar-refractivity contribution in [3.05, 3.63) is 94.3 Å². The normalized spacial score (nSPS) is 12.5. The fraction of sp³-hybridized carbons (Fsp3) is 0.423. The fourth-order valence-electron chi connectivity index (χ4n) is 7.58. The smallest absolute Gasteiger partial charge is 0.349 e. The number of phenolic OH excluding ortho intramolecular Hbond substituents is 1. The molecule has 4 unspecified atom stereocenters. The van der Waals surface area contributed by atoms with E-state index in [1.165, 1.54) is 36.0 Å². The average molecular weight is 1110 g/mol. The van der Waals surface area contributed by atoms with Crippen LogP contribution in [0, 0.1) is 16.7 Å². The van der Waals surface area contributed by atoms with E-state index in [4.69, 9.17) is 26.7 Å². The number of thioether (sulfide) groups is 1. The number of azo groups is 1. The minimum Gasteiger partial charge on any atom is -0.508 e. The Hall–Kier alpha value is -8.75. The van der Waals surface area contributed by atoms with Crippen LogP contribution in [0.25, 0.3) is 11.0 Å². The molecule has 16 N–H and O–H groups in total. The monoisotopic (exact) mass is 1110 g/mol. The van der Waals surface area contributed by atoms with Gasteiger partial charge >= 0.3 is 5.63 Å². The molecule has 0 aliphatic heterocycles. The van der Waals surface area contributed by atoms with E-state index in [0.717, 1.165) is 5.69 Å². The van der Waals surface area contributed by atoms with Crippen molar-refractivity contribution in [2.24, 2.45) is 27.6 Å². The largest absolute Gasteiger partial charge is 0.508 e. The van der Waals surface area contributed by atoms with Crippen molar-refractivity contribution in [1.29, 1.82) is 10.8 Å². The van der Waals surface area contributed by atoms with Crippen LogP contribution in [0.4, 0.5) is 17.1 Å². The van der Waals surface area contributed by atoms with Crippen LogP contribution in [0.3, 0.4) is 0 Å². The first kappa shape index (κ1) is 62.8. The van der Waals surface area contributed by atoms with Crippen LogP contribution >= 0.6 is 11.8 Å². The molecule has 27 heteroatoms. The number of phenols is 1. The number of nitrogens with one attached hydrogen (secondary N) is 11. The molecule has 0 radical (unpaired) electrons. The molecule has 0 bridgehead atoms. The maximum Gasteiger partial charge on any atom is 0.349 e. The fourth-order valence-corrected chi connectivity index (χ4v) is 8.05. The predicted octanol–water partition coefficient (Wildman–Crippen LogP) is 1.52. The topological polar surface area (TPSA) is 406 Å². The molecule has 0 aliphatic carbocycles. The molecule has 79 heavy (non-hydrogen) atoms. The summed E-state index contributed by atoms with van der Waals surface area (Å²) >= 11 is 1.45. The second kappa shape index (κ2) is 32.1. The number of nitrogens with two attached hydrogens (primary N) is 2. The van der Waals surface area contributed by atoms with Gasteiger partial charge in [0.25, 0.3) is 11.8 Å². The first-order chi connectivity index (χ1) is 37.6. The maximum atomic E-state index is 14.1. The van der Waals surface area contributed by atoms with Crippen LogP contribution in [-0.4, -0.2) is 141 Å². The number of anilines is 1. The van der Waals surface area contributed by atoms with Crippen LogP contribution in [0.2, 0.25) is 0 Å². The number of hydrogen-bond acceptors (Lipinski definition) is 16. The summed E-state index contributed by atoms with van der Waals surface area (Å²) in [6.45, 7) is 3.38. The molecule has 7 amide bonds. The lowest BCUT2D eigenvalue weighted by Crippen LogP contribution is -2.57. The van der Waals surface area contributed by atoms with E-state index in [-0.39, 0.29) is 99.8 Å². The summed E-state index contributed by atoms with van der Waals surface area (Å²) in [5, 5.41) is 57.3. The molecule has 4 atom stereocenters. The van der Waals surface area contributed by atoms with Gasteiger partial charge in [-0.05, 0) is 123 Å². The highest BCUT2D eigenvalue weighted by Crippen LogP contribution is 2.22. The highest BCUT2D eigenvalue weighted by Gasteiger charge is 2.31. The molecule has 0 saturated heterocycles. The Morgan fingerprint density at radius 3 is 1.77 bits per heavy atom. The molecule has 1 heterocycles. The third-order valence-electron chi connectivity index (χ3n) is 11.7. The molecular formula is C52H72N16O10S. The van der Waals surface area contributed by atoms with Crippen LogP contribution < -0.4 is 69.8 Å². The van der Waals surface area contributed by atoms with Gasteiger partial charge in [-0.3, -0.25) is 44.4 Å². The minimum absolute atomic E-state index is 0.0166. The van der Waals surface area contributed by atoms with Gasteiger partial charge in [0, 0.05) is 63.0 Å². The van der Waals surface area contributed by atoms with Gasteiger partial charge in [-0.1, -0.05) is 13.8 Å². The van der Waals surface area contributed by atoms with E-state index in [2.05, 4.69) is 58.1 Å². The number of amides is 7. The quantitative estimate of drug-likeness (QED) is 0.0112. The van der Waals surface area contributed by atoms with Crippen molar-refractivity contribution in [2.45, 2.75) is 76.5 Å². The first-order valence-corrected chi connectivity index (χ1v) is 26.8. The summed E-state index contributed by atoms with van der Waals surface area (Å²) < 4.78 is 5.24. The zero-order valence-corrected chi connectivity index (χ0v) is 45.6. The summed E-state index contributed by atoms with van der Waals surface area (Å²) in [6.07, 6.45) is 2.47. The molecule has 26 nitrogen and oxygen atoms in total. The van der Waals surface area contributed by atoms with Crippen molar-refractivity contribution >= 4 is 93.1 Å². The number of nitrogens with zero attached hydrogens (tertiary/aromatic N) is 3. The highest BCUT2D eigenvalue weighted by atomic mass is 32.2. The van der Waals surface area contributed by atoms with E-state index in [9.17, 15) is 43.5 Å². The van der Waals surface area contributed by atoms with E-state index >= 15 is 0 Å². The van der Waals surface area contributed by atoms with Crippen molar-refractivity contribution in [3.8, 4) is 5.75 Å². The molecule has 0 spiro atoms. The number of carbonyl (C=O) groups excluding carboxylic acids is 7. The molecule has 4 aromatic rings. The molecule has 3 aromatic carbocycles. The third-order valence-corrected chi connectivity index (χ3v) is 12.3. The number of rotatable bonds is 31. The van der Waals surface area contributed by atoms with Crippen LogP contribution in [0.5, 0.6) is 5.75 Å². The van der Waals surface area contributed by atoms with Gasteiger partial charge < -0.3 is 73.7 Å². The summed E-state index contributed by atoms with van der Waals surface area (Å²) in [7, 11) is 3.88. The first-order valence-electron chi connectivity index (χ1n) is 25.4. The second-order valence-electron chi connectivity index (χ2n) is 18.7. The average Bonchev–Trinajstić information content (AvgIpc) is 3.45. The summed E-state index contributed by atoms with van der Waals surface area (Å²) in [6, 6.07) is 14.4. The molecule has 4 rings (SSSR count). The lowest BCUT2D eigenvalue weighted by Gasteiger charge is -2.26. The Bertz CT molecular complexity index is 2850. The van der Waals surface area contributed by atoms with Crippen molar-refractivity contribution in [1.82, 2.24) is 47.9 Å². The zero-order valence-electron chi connectivity index (χ0n) is 44.8. The third kappa shape index (κ3) is 22.0. The van der Waals surface area contributed by atoms with Gasteiger partial charge in [0.2, 0.25) is 29.5 Å². The molecule has 0 fully saturated rings. The van der Waals surface area contributed by atoms with Crippen molar-refractivity contribution in [2.75, 3.05) is 63.7 Å².